The highest BCUT2D eigenvalue weighted by Gasteiger charge is 2.19. The molecule has 0 amide bonds. The van der Waals surface area contributed by atoms with E-state index in [2.05, 4.69) is 0 Å². The van der Waals surface area contributed by atoms with Crippen LogP contribution in [-0.2, 0) is 16.1 Å². The van der Waals surface area contributed by atoms with E-state index in [0.717, 1.165) is 5.56 Å². The molecule has 0 spiro atoms. The number of hydrogen-bond donors (Lipinski definition) is 1. The fraction of sp³-hybridized carbons (Fsp3) is 0.417. The molecule has 2 atom stereocenters. The Kier molecular flexibility index (Phi) is 4.31. The van der Waals surface area contributed by atoms with E-state index in [1.807, 2.05) is 30.3 Å². The lowest BCUT2D eigenvalue weighted by atomic mass is 10.1. The molecule has 15 heavy (non-hydrogen) atoms. The third-order valence-corrected chi connectivity index (χ3v) is 2.45. The monoisotopic (exact) mass is 208 g/mol. The number of carboxylic acid groups (broad SMARTS) is 1. The minimum Gasteiger partial charge on any atom is -0.481 e. The van der Waals surface area contributed by atoms with E-state index in [4.69, 9.17) is 9.84 Å². The van der Waals surface area contributed by atoms with Crippen molar-refractivity contribution in [1.82, 2.24) is 0 Å². The lowest BCUT2D eigenvalue weighted by molar-refractivity contribution is -0.146. The number of benzene rings is 1. The Hall–Kier alpha value is -1.35. The lowest BCUT2D eigenvalue weighted by Crippen LogP contribution is -2.25. The summed E-state index contributed by atoms with van der Waals surface area (Å²) >= 11 is 0. The highest BCUT2D eigenvalue weighted by atomic mass is 16.5. The van der Waals surface area contributed by atoms with Gasteiger partial charge in [-0.25, -0.2) is 0 Å². The van der Waals surface area contributed by atoms with Crippen molar-refractivity contribution >= 4 is 5.97 Å². The summed E-state index contributed by atoms with van der Waals surface area (Å²) < 4.78 is 5.47. The number of carbonyl (C=O) groups is 1. The maximum absolute atomic E-state index is 10.7. The molecular weight excluding hydrogens is 192 g/mol. The Morgan fingerprint density at radius 2 is 1.93 bits per heavy atom. The van der Waals surface area contributed by atoms with Crippen LogP contribution in [0.3, 0.4) is 0 Å². The molecule has 0 saturated carbocycles. The fourth-order valence-corrected chi connectivity index (χ4v) is 1.15. The molecule has 0 radical (unpaired) electrons. The van der Waals surface area contributed by atoms with Gasteiger partial charge >= 0.3 is 5.97 Å². The Morgan fingerprint density at radius 3 is 2.47 bits per heavy atom. The molecule has 1 rings (SSSR count). The third-order valence-electron chi connectivity index (χ3n) is 2.45. The number of ether oxygens (including phenoxy) is 1. The van der Waals surface area contributed by atoms with Crippen molar-refractivity contribution in [3.8, 4) is 0 Å². The van der Waals surface area contributed by atoms with Crippen molar-refractivity contribution in [3.63, 3.8) is 0 Å². The number of hydrogen-bond acceptors (Lipinski definition) is 2. The second-order valence-electron chi connectivity index (χ2n) is 3.63. The molecular formula is C12H16O3. The first-order valence-electron chi connectivity index (χ1n) is 4.99. The van der Waals surface area contributed by atoms with Crippen LogP contribution in [-0.4, -0.2) is 17.2 Å². The zero-order chi connectivity index (χ0) is 11.3. The van der Waals surface area contributed by atoms with Crippen molar-refractivity contribution in [2.24, 2.45) is 5.92 Å². The Labute approximate surface area is 89.7 Å². The van der Waals surface area contributed by atoms with E-state index in [1.54, 1.807) is 13.8 Å². The molecule has 0 fully saturated rings. The zero-order valence-corrected chi connectivity index (χ0v) is 9.01. The van der Waals surface area contributed by atoms with Crippen LogP contribution in [0.25, 0.3) is 0 Å². The quantitative estimate of drug-likeness (QED) is 0.807. The van der Waals surface area contributed by atoms with E-state index < -0.39 is 11.9 Å². The first-order chi connectivity index (χ1) is 7.11. The molecule has 0 bridgehead atoms. The van der Waals surface area contributed by atoms with Gasteiger partial charge in [0.1, 0.15) is 0 Å². The van der Waals surface area contributed by atoms with Gasteiger partial charge in [0, 0.05) is 0 Å². The van der Waals surface area contributed by atoms with E-state index >= 15 is 0 Å². The van der Waals surface area contributed by atoms with Gasteiger partial charge in [-0.1, -0.05) is 30.3 Å². The molecule has 0 aliphatic rings. The molecule has 82 valence electrons. The first-order valence-corrected chi connectivity index (χ1v) is 4.99. The van der Waals surface area contributed by atoms with Crippen LogP contribution in [0.4, 0.5) is 0 Å². The molecule has 3 heteroatoms. The molecule has 1 aromatic carbocycles. The van der Waals surface area contributed by atoms with Gasteiger partial charge < -0.3 is 9.84 Å². The zero-order valence-electron chi connectivity index (χ0n) is 9.01. The van der Waals surface area contributed by atoms with Gasteiger partial charge in [-0.15, -0.1) is 0 Å². The van der Waals surface area contributed by atoms with Crippen molar-refractivity contribution in [2.75, 3.05) is 0 Å². The molecule has 3 nitrogen and oxygen atoms in total. The maximum Gasteiger partial charge on any atom is 0.308 e. The van der Waals surface area contributed by atoms with E-state index in [9.17, 15) is 4.79 Å². The third kappa shape index (κ3) is 3.72. The average molecular weight is 208 g/mol. The van der Waals surface area contributed by atoms with Crippen LogP contribution in [0.5, 0.6) is 0 Å². The van der Waals surface area contributed by atoms with Crippen LogP contribution in [0, 0.1) is 5.92 Å². The molecule has 0 saturated heterocycles. The van der Waals surface area contributed by atoms with E-state index in [0.29, 0.717) is 6.61 Å². The molecule has 0 heterocycles. The predicted octanol–water partition coefficient (Wildman–Crippen LogP) is 2.31. The van der Waals surface area contributed by atoms with Crippen LogP contribution < -0.4 is 0 Å². The summed E-state index contributed by atoms with van der Waals surface area (Å²) in [5.74, 6) is -1.30. The molecule has 0 unspecified atom stereocenters. The number of rotatable bonds is 5. The fourth-order valence-electron chi connectivity index (χ4n) is 1.15. The first kappa shape index (κ1) is 11.7. The Morgan fingerprint density at radius 1 is 1.33 bits per heavy atom. The maximum atomic E-state index is 10.7. The number of aliphatic carboxylic acids is 1. The summed E-state index contributed by atoms with van der Waals surface area (Å²) in [5.41, 5.74) is 1.06. The van der Waals surface area contributed by atoms with Gasteiger partial charge in [0.15, 0.2) is 0 Å². The lowest BCUT2D eigenvalue weighted by Gasteiger charge is -2.16. The second kappa shape index (κ2) is 5.51. The average Bonchev–Trinajstić information content (AvgIpc) is 2.26. The van der Waals surface area contributed by atoms with Crippen molar-refractivity contribution in [3.05, 3.63) is 35.9 Å². The summed E-state index contributed by atoms with van der Waals surface area (Å²) in [5, 5.41) is 8.77. The van der Waals surface area contributed by atoms with Gasteiger partial charge in [0.2, 0.25) is 0 Å². The van der Waals surface area contributed by atoms with Crippen LogP contribution in [0.15, 0.2) is 30.3 Å². The Bertz CT molecular complexity index is 308. The van der Waals surface area contributed by atoms with Crippen molar-refractivity contribution < 1.29 is 14.6 Å². The summed E-state index contributed by atoms with van der Waals surface area (Å²) in [6.07, 6.45) is -0.275. The normalized spacial score (nSPS) is 14.5. The standard InChI is InChI=1S/C12H16O3/c1-9(12(13)14)10(2)15-8-11-6-4-3-5-7-11/h3-7,9-10H,8H2,1-2H3,(H,13,14)/t9-,10-/m1/s1. The summed E-state index contributed by atoms with van der Waals surface area (Å²) in [6.45, 7) is 3.89. The topological polar surface area (TPSA) is 46.5 Å². The highest BCUT2D eigenvalue weighted by molar-refractivity contribution is 5.70. The molecule has 0 aromatic heterocycles. The summed E-state index contributed by atoms with van der Waals surface area (Å²) in [7, 11) is 0. The van der Waals surface area contributed by atoms with Gasteiger partial charge in [-0.05, 0) is 19.4 Å². The second-order valence-corrected chi connectivity index (χ2v) is 3.63. The van der Waals surface area contributed by atoms with E-state index in [1.165, 1.54) is 0 Å². The van der Waals surface area contributed by atoms with Crippen molar-refractivity contribution in [2.45, 2.75) is 26.6 Å². The van der Waals surface area contributed by atoms with Crippen LogP contribution in [0.2, 0.25) is 0 Å². The molecule has 0 aliphatic carbocycles. The van der Waals surface area contributed by atoms with Crippen molar-refractivity contribution in [1.29, 1.82) is 0 Å². The SMILES string of the molecule is C[C@@H](OCc1ccccc1)[C@@H](C)C(=O)O. The molecule has 1 aromatic rings. The van der Waals surface area contributed by atoms with Gasteiger partial charge in [-0.3, -0.25) is 4.79 Å². The van der Waals surface area contributed by atoms with Gasteiger partial charge in [0.25, 0.3) is 0 Å². The Balaban J connectivity index is 2.41. The number of carboxylic acids is 1. The summed E-state index contributed by atoms with van der Waals surface area (Å²) in [6, 6.07) is 9.72. The highest BCUT2D eigenvalue weighted by Crippen LogP contribution is 2.10. The largest absolute Gasteiger partial charge is 0.481 e. The smallest absolute Gasteiger partial charge is 0.308 e. The minimum absolute atomic E-state index is 0.275. The van der Waals surface area contributed by atoms with E-state index in [-0.39, 0.29) is 6.10 Å². The van der Waals surface area contributed by atoms with Gasteiger partial charge in [0.05, 0.1) is 18.6 Å². The van der Waals surface area contributed by atoms with Crippen LogP contribution in [0.1, 0.15) is 19.4 Å². The minimum atomic E-state index is -0.824. The summed E-state index contributed by atoms with van der Waals surface area (Å²) in [4.78, 5) is 10.7. The van der Waals surface area contributed by atoms with Crippen LogP contribution >= 0.6 is 0 Å². The predicted molar refractivity (Wildman–Crippen MR) is 57.5 cm³/mol. The van der Waals surface area contributed by atoms with Gasteiger partial charge in [-0.2, -0.15) is 0 Å². The molecule has 1 N–H and O–H groups in total. The molecule has 0 aliphatic heterocycles.